The second kappa shape index (κ2) is 12.7. The molecule has 5 aromatic rings. The van der Waals surface area contributed by atoms with Gasteiger partial charge in [-0.05, 0) is 63.1 Å². The Balaban J connectivity index is 1.69. The number of nitro groups is 1. The van der Waals surface area contributed by atoms with Crippen LogP contribution in [0.3, 0.4) is 0 Å². The first-order chi connectivity index (χ1) is 20.8. The van der Waals surface area contributed by atoms with Gasteiger partial charge in [-0.3, -0.25) is 24.3 Å². The normalized spacial score (nSPS) is 11.7. The Hall–Kier alpha value is -5.31. The summed E-state index contributed by atoms with van der Waals surface area (Å²) in [6.45, 7) is 6.00. The van der Waals surface area contributed by atoms with Gasteiger partial charge in [-0.25, -0.2) is 4.98 Å². The second-order valence-electron chi connectivity index (χ2n) is 10.2. The van der Waals surface area contributed by atoms with Crippen LogP contribution in [0.15, 0.2) is 102 Å². The summed E-state index contributed by atoms with van der Waals surface area (Å²) >= 11 is 0. The van der Waals surface area contributed by atoms with E-state index in [1.54, 1.807) is 54.3 Å². The zero-order valence-corrected chi connectivity index (χ0v) is 24.3. The summed E-state index contributed by atoms with van der Waals surface area (Å²) in [6, 6.07) is 27.8. The van der Waals surface area contributed by atoms with Gasteiger partial charge in [-0.1, -0.05) is 60.7 Å². The predicted molar refractivity (Wildman–Crippen MR) is 166 cm³/mol. The number of hydrogen-bond acceptors (Lipinski definition) is 6. The Morgan fingerprint density at radius 3 is 2.44 bits per heavy atom. The maximum Gasteiger partial charge on any atom is 0.273 e. The van der Waals surface area contributed by atoms with Crippen molar-refractivity contribution in [1.29, 1.82) is 0 Å². The summed E-state index contributed by atoms with van der Waals surface area (Å²) in [5, 5.41) is 12.1. The van der Waals surface area contributed by atoms with Crippen molar-refractivity contribution < 1.29 is 14.5 Å². The molecule has 0 bridgehead atoms. The number of aryl methyl sites for hydroxylation is 1. The molecule has 1 amide bonds. The minimum absolute atomic E-state index is 0.132. The lowest BCUT2D eigenvalue weighted by Crippen LogP contribution is -2.38. The third-order valence-corrected chi connectivity index (χ3v) is 7.45. The van der Waals surface area contributed by atoms with E-state index in [4.69, 9.17) is 9.72 Å². The molecule has 5 rings (SSSR count). The Labute approximate surface area is 249 Å². The van der Waals surface area contributed by atoms with Gasteiger partial charge in [-0.2, -0.15) is 0 Å². The highest BCUT2D eigenvalue weighted by atomic mass is 16.6. The number of carbonyl (C=O) groups is 1. The molecule has 1 aromatic heterocycles. The van der Waals surface area contributed by atoms with Crippen molar-refractivity contribution in [2.75, 3.05) is 13.2 Å². The van der Waals surface area contributed by atoms with Crippen LogP contribution in [0.1, 0.15) is 47.2 Å². The van der Waals surface area contributed by atoms with Crippen LogP contribution in [0.5, 0.6) is 5.75 Å². The van der Waals surface area contributed by atoms with Crippen LogP contribution in [0, 0.1) is 17.0 Å². The van der Waals surface area contributed by atoms with E-state index in [-0.39, 0.29) is 23.4 Å². The highest BCUT2D eigenvalue weighted by Gasteiger charge is 2.29. The molecule has 9 heteroatoms. The van der Waals surface area contributed by atoms with Gasteiger partial charge in [-0.15, -0.1) is 0 Å². The molecule has 1 atom stereocenters. The van der Waals surface area contributed by atoms with E-state index < -0.39 is 16.9 Å². The third-order valence-electron chi connectivity index (χ3n) is 7.45. The zero-order valence-electron chi connectivity index (χ0n) is 24.3. The summed E-state index contributed by atoms with van der Waals surface area (Å²) < 4.78 is 7.40. The highest BCUT2D eigenvalue weighted by molar-refractivity contribution is 5.95. The Kier molecular flexibility index (Phi) is 8.61. The van der Waals surface area contributed by atoms with E-state index >= 15 is 0 Å². The fourth-order valence-electron chi connectivity index (χ4n) is 5.19. The summed E-state index contributed by atoms with van der Waals surface area (Å²) in [7, 11) is 0. The van der Waals surface area contributed by atoms with Crippen LogP contribution in [0.25, 0.3) is 16.6 Å². The monoisotopic (exact) mass is 576 g/mol. The maximum absolute atomic E-state index is 14.2. The number of hydrogen-bond donors (Lipinski definition) is 0. The molecular formula is C34H32N4O5. The van der Waals surface area contributed by atoms with Crippen LogP contribution >= 0.6 is 0 Å². The molecule has 0 aliphatic carbocycles. The number of nitrogens with zero attached hydrogens (tertiary/aromatic N) is 4. The van der Waals surface area contributed by atoms with Crippen LogP contribution in [-0.2, 0) is 6.42 Å². The number of amides is 1. The number of nitro benzene ring substituents is 1. The molecule has 218 valence electrons. The lowest BCUT2D eigenvalue weighted by atomic mass is 10.1. The number of benzene rings is 4. The van der Waals surface area contributed by atoms with Crippen molar-refractivity contribution in [2.24, 2.45) is 0 Å². The van der Waals surface area contributed by atoms with Gasteiger partial charge >= 0.3 is 0 Å². The topological polar surface area (TPSA) is 108 Å². The average Bonchev–Trinajstić information content (AvgIpc) is 3.02. The summed E-state index contributed by atoms with van der Waals surface area (Å²) in [4.78, 5) is 46.1. The van der Waals surface area contributed by atoms with Crippen LogP contribution < -0.4 is 10.3 Å². The van der Waals surface area contributed by atoms with Crippen LogP contribution in [0.4, 0.5) is 5.69 Å². The molecule has 0 N–H and O–H groups in total. The summed E-state index contributed by atoms with van der Waals surface area (Å²) in [5.74, 6) is 0.450. The van der Waals surface area contributed by atoms with Gasteiger partial charge in [0.1, 0.15) is 11.6 Å². The largest absolute Gasteiger partial charge is 0.492 e. The minimum Gasteiger partial charge on any atom is -0.492 e. The molecule has 0 saturated carbocycles. The second-order valence-corrected chi connectivity index (χ2v) is 10.2. The molecule has 9 nitrogen and oxygen atoms in total. The quantitative estimate of drug-likeness (QED) is 0.140. The fraction of sp³-hybridized carbons (Fsp3) is 0.206. The maximum atomic E-state index is 14.2. The molecule has 43 heavy (non-hydrogen) atoms. The molecule has 0 aliphatic heterocycles. The average molecular weight is 577 g/mol. The van der Waals surface area contributed by atoms with E-state index in [1.807, 2.05) is 62.4 Å². The number of para-hydroxylation sites is 3. The molecule has 1 unspecified atom stereocenters. The smallest absolute Gasteiger partial charge is 0.273 e. The van der Waals surface area contributed by atoms with Crippen molar-refractivity contribution >= 4 is 22.5 Å². The van der Waals surface area contributed by atoms with Gasteiger partial charge in [0.15, 0.2) is 0 Å². The van der Waals surface area contributed by atoms with Gasteiger partial charge in [0.2, 0.25) is 0 Å². The van der Waals surface area contributed by atoms with E-state index in [2.05, 4.69) is 0 Å². The first-order valence-corrected chi connectivity index (χ1v) is 14.1. The predicted octanol–water partition coefficient (Wildman–Crippen LogP) is 6.45. The minimum atomic E-state index is -0.705. The molecule has 4 aromatic carbocycles. The van der Waals surface area contributed by atoms with E-state index in [0.717, 1.165) is 5.56 Å². The number of carbonyl (C=O) groups excluding carboxylic acids is 1. The Bertz CT molecular complexity index is 1850. The highest BCUT2D eigenvalue weighted by Crippen LogP contribution is 2.30. The van der Waals surface area contributed by atoms with E-state index in [1.165, 1.54) is 10.6 Å². The molecule has 0 radical (unpaired) electrons. The van der Waals surface area contributed by atoms with Gasteiger partial charge in [0.25, 0.3) is 17.2 Å². The summed E-state index contributed by atoms with van der Waals surface area (Å²) in [5.41, 5.74) is 2.25. The standard InChI is InChI=1S/C34H32N4O5/c1-4-43-31-17-11-10-16-29(31)37-32(35-28-15-9-8-14-27(28)34(37)40)24(3)36(21-20-25-12-6-5-7-13-25)33(39)26-19-18-23(2)30(22-26)38(41)42/h5-19,22,24H,4,20-21H2,1-3H3. The number of fused-ring (bicyclic) bond motifs is 1. The van der Waals surface area contributed by atoms with E-state index in [9.17, 15) is 19.7 Å². The van der Waals surface area contributed by atoms with E-state index in [0.29, 0.717) is 46.8 Å². The van der Waals surface area contributed by atoms with Crippen molar-refractivity contribution in [1.82, 2.24) is 14.5 Å². The molecular weight excluding hydrogens is 544 g/mol. The lowest BCUT2D eigenvalue weighted by molar-refractivity contribution is -0.385. The Morgan fingerprint density at radius 1 is 1.00 bits per heavy atom. The van der Waals surface area contributed by atoms with Crippen LogP contribution in [-0.4, -0.2) is 38.4 Å². The lowest BCUT2D eigenvalue weighted by Gasteiger charge is -2.31. The van der Waals surface area contributed by atoms with Crippen molar-refractivity contribution in [3.8, 4) is 11.4 Å². The van der Waals surface area contributed by atoms with Gasteiger partial charge in [0, 0.05) is 23.7 Å². The molecule has 0 fully saturated rings. The van der Waals surface area contributed by atoms with Gasteiger partial charge in [0.05, 0.1) is 34.2 Å². The fourth-order valence-corrected chi connectivity index (χ4v) is 5.19. The van der Waals surface area contributed by atoms with Crippen LogP contribution in [0.2, 0.25) is 0 Å². The van der Waals surface area contributed by atoms with Crippen molar-refractivity contribution in [2.45, 2.75) is 33.2 Å². The SMILES string of the molecule is CCOc1ccccc1-n1c(C(C)N(CCc2ccccc2)C(=O)c2ccc(C)c([N+](=O)[O-])c2)nc2ccccc2c1=O. The van der Waals surface area contributed by atoms with Crippen molar-refractivity contribution in [3.05, 3.63) is 140 Å². The molecule has 0 spiro atoms. The first kappa shape index (κ1) is 29.2. The third kappa shape index (κ3) is 6.01. The molecule has 0 saturated heterocycles. The first-order valence-electron chi connectivity index (χ1n) is 14.1. The number of aromatic nitrogens is 2. The summed E-state index contributed by atoms with van der Waals surface area (Å²) in [6.07, 6.45) is 0.526. The number of rotatable bonds is 10. The number of ether oxygens (including phenoxy) is 1. The zero-order chi connectivity index (χ0) is 30.5. The molecule has 0 aliphatic rings. The van der Waals surface area contributed by atoms with Crippen molar-refractivity contribution in [3.63, 3.8) is 0 Å². The Morgan fingerprint density at radius 2 is 1.70 bits per heavy atom. The molecule has 1 heterocycles. The van der Waals surface area contributed by atoms with Gasteiger partial charge < -0.3 is 9.64 Å².